The van der Waals surface area contributed by atoms with Gasteiger partial charge in [0.2, 0.25) is 0 Å². The molecule has 0 radical (unpaired) electrons. The molecule has 3 aliphatic carbocycles. The molecule has 0 saturated heterocycles. The van der Waals surface area contributed by atoms with Gasteiger partial charge in [-0.15, -0.1) is 0 Å². The third-order valence-corrected chi connectivity index (χ3v) is 5.45. The van der Waals surface area contributed by atoms with Crippen LogP contribution in [-0.2, 0) is 23.9 Å². The molecule has 2 atom stereocenters. The molecule has 118 valence electrons. The Morgan fingerprint density at radius 1 is 1.18 bits per heavy atom. The van der Waals surface area contributed by atoms with Gasteiger partial charge in [0.05, 0.1) is 14.2 Å². The number of ether oxygens (including phenoxy) is 2. The summed E-state index contributed by atoms with van der Waals surface area (Å²) in [4.78, 5) is 37.5. The van der Waals surface area contributed by atoms with E-state index < -0.39 is 22.8 Å². The zero-order valence-electron chi connectivity index (χ0n) is 12.9. The molecule has 3 rings (SSSR count). The summed E-state index contributed by atoms with van der Waals surface area (Å²) in [6.45, 7) is 0. The van der Waals surface area contributed by atoms with Crippen molar-refractivity contribution in [3.63, 3.8) is 0 Å². The average molecular weight is 304 g/mol. The van der Waals surface area contributed by atoms with Crippen LogP contribution in [0, 0.1) is 16.7 Å². The molecule has 0 bridgehead atoms. The maximum atomic E-state index is 12.5. The summed E-state index contributed by atoms with van der Waals surface area (Å²) in [7, 11) is 2.52. The number of carbonyl (C=O) groups is 3. The van der Waals surface area contributed by atoms with Gasteiger partial charge in [-0.1, -0.05) is 25.0 Å². The molecule has 5 heteroatoms. The number of rotatable bonds is 2. The van der Waals surface area contributed by atoms with E-state index in [0.717, 1.165) is 25.7 Å². The van der Waals surface area contributed by atoms with E-state index in [-0.39, 0.29) is 18.1 Å². The Morgan fingerprint density at radius 3 is 2.50 bits per heavy atom. The molecule has 0 heterocycles. The molecule has 0 aromatic rings. The highest BCUT2D eigenvalue weighted by Gasteiger charge is 2.63. The van der Waals surface area contributed by atoms with Gasteiger partial charge in [-0.25, -0.2) is 0 Å². The number of hydrogen-bond acceptors (Lipinski definition) is 5. The van der Waals surface area contributed by atoms with Crippen molar-refractivity contribution in [2.75, 3.05) is 14.2 Å². The molecule has 22 heavy (non-hydrogen) atoms. The molecule has 0 unspecified atom stereocenters. The number of methoxy groups -OCH3 is 2. The minimum atomic E-state index is -1.51. The van der Waals surface area contributed by atoms with Crippen LogP contribution < -0.4 is 0 Å². The summed E-state index contributed by atoms with van der Waals surface area (Å²) in [5.74, 6) is -1.44. The first-order chi connectivity index (χ1) is 10.5. The maximum Gasteiger partial charge on any atom is 0.327 e. The Balaban J connectivity index is 2.20. The molecular formula is C17H20O5. The van der Waals surface area contributed by atoms with Crippen molar-refractivity contribution in [1.82, 2.24) is 0 Å². The number of carbonyl (C=O) groups excluding carboxylic acids is 3. The summed E-state index contributed by atoms with van der Waals surface area (Å²) in [5.41, 5.74) is -1.45. The maximum absolute atomic E-state index is 12.5. The van der Waals surface area contributed by atoms with Crippen molar-refractivity contribution in [3.05, 3.63) is 23.8 Å². The highest BCUT2D eigenvalue weighted by molar-refractivity contribution is 6.09. The zero-order chi connectivity index (χ0) is 16.0. The van der Waals surface area contributed by atoms with Gasteiger partial charge in [0, 0.05) is 11.3 Å². The predicted octanol–water partition coefficient (Wildman–Crippen LogP) is 1.96. The molecule has 0 aromatic heterocycles. The van der Waals surface area contributed by atoms with E-state index >= 15 is 0 Å². The summed E-state index contributed by atoms with van der Waals surface area (Å²) in [6, 6.07) is 0. The van der Waals surface area contributed by atoms with Crippen molar-refractivity contribution >= 4 is 17.7 Å². The lowest BCUT2D eigenvalue weighted by Crippen LogP contribution is -2.50. The molecule has 0 N–H and O–H groups in total. The van der Waals surface area contributed by atoms with Gasteiger partial charge in [-0.2, -0.15) is 0 Å². The van der Waals surface area contributed by atoms with Crippen LogP contribution in [0.15, 0.2) is 23.8 Å². The third-order valence-electron chi connectivity index (χ3n) is 5.45. The van der Waals surface area contributed by atoms with E-state index in [4.69, 9.17) is 9.47 Å². The second-order valence-electron chi connectivity index (χ2n) is 6.29. The van der Waals surface area contributed by atoms with Gasteiger partial charge >= 0.3 is 11.9 Å². The lowest BCUT2D eigenvalue weighted by molar-refractivity contribution is -0.167. The highest BCUT2D eigenvalue weighted by atomic mass is 16.5. The van der Waals surface area contributed by atoms with E-state index in [1.165, 1.54) is 20.3 Å². The van der Waals surface area contributed by atoms with Gasteiger partial charge in [0.15, 0.2) is 11.2 Å². The Morgan fingerprint density at radius 2 is 1.86 bits per heavy atom. The Kier molecular flexibility index (Phi) is 3.46. The van der Waals surface area contributed by atoms with Crippen LogP contribution in [0.5, 0.6) is 0 Å². The number of ketones is 1. The molecule has 0 amide bonds. The van der Waals surface area contributed by atoms with Gasteiger partial charge in [-0.05, 0) is 30.9 Å². The normalized spacial score (nSPS) is 31.8. The fourth-order valence-electron chi connectivity index (χ4n) is 4.48. The molecule has 5 nitrogen and oxygen atoms in total. The largest absolute Gasteiger partial charge is 0.468 e. The topological polar surface area (TPSA) is 69.7 Å². The van der Waals surface area contributed by atoms with Crippen LogP contribution in [0.3, 0.4) is 0 Å². The summed E-state index contributed by atoms with van der Waals surface area (Å²) >= 11 is 0. The molecule has 1 saturated carbocycles. The summed E-state index contributed by atoms with van der Waals surface area (Å²) < 4.78 is 9.82. The van der Waals surface area contributed by atoms with Gasteiger partial charge in [0.1, 0.15) is 0 Å². The second-order valence-corrected chi connectivity index (χ2v) is 6.29. The molecule has 1 spiro atoms. The summed E-state index contributed by atoms with van der Waals surface area (Å²) in [5, 5.41) is 0. The molecule has 1 fully saturated rings. The SMILES string of the molecule is COC(=O)C1(C(=O)OC)CC=C[C@]23CCCC[C@H]2C(=O)C=C13. The number of hydrogen-bond donors (Lipinski definition) is 0. The monoisotopic (exact) mass is 304 g/mol. The third kappa shape index (κ3) is 1.68. The molecule has 0 aromatic carbocycles. The second kappa shape index (κ2) is 5.07. The smallest absolute Gasteiger partial charge is 0.327 e. The lowest BCUT2D eigenvalue weighted by atomic mass is 9.55. The van der Waals surface area contributed by atoms with Crippen LogP contribution in [0.2, 0.25) is 0 Å². The van der Waals surface area contributed by atoms with Crippen LogP contribution in [-0.4, -0.2) is 31.9 Å². The van der Waals surface area contributed by atoms with Crippen LogP contribution in [0.1, 0.15) is 32.1 Å². The first kappa shape index (κ1) is 15.0. The summed E-state index contributed by atoms with van der Waals surface area (Å²) in [6.07, 6.45) is 9.09. The number of esters is 2. The van der Waals surface area contributed by atoms with Gasteiger partial charge in [0.25, 0.3) is 0 Å². The fraction of sp³-hybridized carbons (Fsp3) is 0.588. The predicted molar refractivity (Wildman–Crippen MR) is 77.7 cm³/mol. The quantitative estimate of drug-likeness (QED) is 0.443. The minimum absolute atomic E-state index is 0.0124. The van der Waals surface area contributed by atoms with Crippen molar-refractivity contribution in [2.24, 2.45) is 16.7 Å². The van der Waals surface area contributed by atoms with E-state index in [1.54, 1.807) is 0 Å². The Bertz CT molecular complexity index is 584. The van der Waals surface area contributed by atoms with Crippen molar-refractivity contribution in [1.29, 1.82) is 0 Å². The first-order valence-corrected chi connectivity index (χ1v) is 7.64. The van der Waals surface area contributed by atoms with Gasteiger partial charge < -0.3 is 9.47 Å². The number of allylic oxidation sites excluding steroid dienone is 3. The van der Waals surface area contributed by atoms with Crippen molar-refractivity contribution in [3.8, 4) is 0 Å². The van der Waals surface area contributed by atoms with Crippen LogP contribution in [0.4, 0.5) is 0 Å². The van der Waals surface area contributed by atoms with Gasteiger partial charge in [-0.3, -0.25) is 14.4 Å². The van der Waals surface area contributed by atoms with E-state index in [2.05, 4.69) is 0 Å². The molecule has 0 aliphatic heterocycles. The first-order valence-electron chi connectivity index (χ1n) is 7.64. The highest BCUT2D eigenvalue weighted by Crippen LogP contribution is 2.61. The van der Waals surface area contributed by atoms with E-state index in [9.17, 15) is 14.4 Å². The zero-order valence-corrected chi connectivity index (χ0v) is 12.9. The van der Waals surface area contributed by atoms with E-state index in [1.807, 2.05) is 12.2 Å². The van der Waals surface area contributed by atoms with Crippen LogP contribution >= 0.6 is 0 Å². The van der Waals surface area contributed by atoms with Crippen molar-refractivity contribution < 1.29 is 23.9 Å². The minimum Gasteiger partial charge on any atom is -0.468 e. The molecular weight excluding hydrogens is 284 g/mol. The van der Waals surface area contributed by atoms with Crippen molar-refractivity contribution in [2.45, 2.75) is 32.1 Å². The Hall–Kier alpha value is -1.91. The standard InChI is InChI=1S/C17H20O5/c1-21-14(19)17(15(20)22-2)9-5-8-16-7-4-3-6-11(16)12(18)10-13(16)17/h5,8,10-11H,3-4,6-7,9H2,1-2H3/t11-,16+/m0/s1. The molecule has 3 aliphatic rings. The van der Waals surface area contributed by atoms with E-state index in [0.29, 0.717) is 5.57 Å². The lowest BCUT2D eigenvalue weighted by Gasteiger charge is -2.46. The fourth-order valence-corrected chi connectivity index (χ4v) is 4.48. The van der Waals surface area contributed by atoms with Crippen LogP contribution in [0.25, 0.3) is 0 Å². The average Bonchev–Trinajstić information content (AvgIpc) is 2.86. The Labute approximate surface area is 129 Å².